The number of nitrogens with zero attached hydrogens (tertiary/aromatic N) is 1. The molecule has 1 N–H and O–H groups in total. The summed E-state index contributed by atoms with van der Waals surface area (Å²) in [6.07, 6.45) is 0.971. The summed E-state index contributed by atoms with van der Waals surface area (Å²) >= 11 is 0. The molecule has 0 atom stereocenters. The van der Waals surface area contributed by atoms with E-state index in [-0.39, 0.29) is 23.0 Å². The van der Waals surface area contributed by atoms with Crippen molar-refractivity contribution in [2.24, 2.45) is 0 Å². The molecule has 0 unspecified atom stereocenters. The average Bonchev–Trinajstić information content (AvgIpc) is 2.51. The Hall–Kier alpha value is -1.29. The Morgan fingerprint density at radius 2 is 2.21 bits per heavy atom. The van der Waals surface area contributed by atoms with Gasteiger partial charge in [0.2, 0.25) is 0 Å². The molecule has 0 radical (unpaired) electrons. The van der Waals surface area contributed by atoms with Crippen molar-refractivity contribution in [1.29, 1.82) is 0 Å². The first-order valence-corrected chi connectivity index (χ1v) is 4.20. The van der Waals surface area contributed by atoms with Crippen LogP contribution >= 0.6 is 12.4 Å². The predicted molar refractivity (Wildman–Crippen MR) is 57.3 cm³/mol. The van der Waals surface area contributed by atoms with E-state index in [0.717, 1.165) is 24.2 Å². The number of anilines is 1. The summed E-state index contributed by atoms with van der Waals surface area (Å²) in [5.74, 6) is 0. The molecular formula is C9H11ClN2O2. The Labute approximate surface area is 87.9 Å². The van der Waals surface area contributed by atoms with Crippen molar-refractivity contribution in [3.8, 4) is 0 Å². The maximum absolute atomic E-state index is 10.5. The summed E-state index contributed by atoms with van der Waals surface area (Å²) in [6, 6.07) is 3.24. The van der Waals surface area contributed by atoms with Gasteiger partial charge in [0, 0.05) is 24.4 Å². The number of halogens is 1. The zero-order valence-electron chi connectivity index (χ0n) is 7.74. The SMILES string of the molecule is Cc1cc([N+](=O)[O-])cc2c1CCN2.Cl. The summed E-state index contributed by atoms with van der Waals surface area (Å²) in [4.78, 5) is 10.2. The summed E-state index contributed by atoms with van der Waals surface area (Å²) in [5, 5.41) is 13.7. The zero-order chi connectivity index (χ0) is 9.42. The molecule has 0 amide bonds. The van der Waals surface area contributed by atoms with Gasteiger partial charge in [0.15, 0.2) is 0 Å². The molecule has 2 rings (SSSR count). The molecule has 1 heterocycles. The van der Waals surface area contributed by atoms with Crippen molar-refractivity contribution in [3.63, 3.8) is 0 Å². The first kappa shape index (κ1) is 10.8. The van der Waals surface area contributed by atoms with Gasteiger partial charge >= 0.3 is 0 Å². The van der Waals surface area contributed by atoms with E-state index < -0.39 is 0 Å². The van der Waals surface area contributed by atoms with Crippen molar-refractivity contribution < 1.29 is 4.92 Å². The number of nitro groups is 1. The van der Waals surface area contributed by atoms with Crippen LogP contribution in [-0.2, 0) is 6.42 Å². The van der Waals surface area contributed by atoms with Gasteiger partial charge in [0.05, 0.1) is 4.92 Å². The Bertz CT molecular complexity index is 379. The number of aryl methyl sites for hydroxylation is 1. The smallest absolute Gasteiger partial charge is 0.271 e. The molecule has 0 saturated carbocycles. The molecule has 14 heavy (non-hydrogen) atoms. The summed E-state index contributed by atoms with van der Waals surface area (Å²) in [7, 11) is 0. The number of hydrogen-bond donors (Lipinski definition) is 1. The highest BCUT2D eigenvalue weighted by Crippen LogP contribution is 2.29. The van der Waals surface area contributed by atoms with Gasteiger partial charge in [-0.05, 0) is 24.5 Å². The molecule has 76 valence electrons. The normalized spacial score (nSPS) is 12.6. The molecule has 0 aromatic heterocycles. The Balaban J connectivity index is 0.000000980. The third kappa shape index (κ3) is 1.65. The van der Waals surface area contributed by atoms with E-state index in [9.17, 15) is 10.1 Å². The van der Waals surface area contributed by atoms with Crippen molar-refractivity contribution in [1.82, 2.24) is 0 Å². The van der Waals surface area contributed by atoms with Crippen LogP contribution in [0.2, 0.25) is 0 Å². The summed E-state index contributed by atoms with van der Waals surface area (Å²) in [6.45, 7) is 2.80. The molecule has 0 spiro atoms. The van der Waals surface area contributed by atoms with E-state index >= 15 is 0 Å². The van der Waals surface area contributed by atoms with E-state index in [1.807, 2.05) is 6.92 Å². The van der Waals surface area contributed by atoms with Crippen molar-refractivity contribution in [2.75, 3.05) is 11.9 Å². The Morgan fingerprint density at radius 1 is 1.50 bits per heavy atom. The lowest BCUT2D eigenvalue weighted by atomic mass is 10.1. The van der Waals surface area contributed by atoms with Gasteiger partial charge in [-0.3, -0.25) is 10.1 Å². The van der Waals surface area contributed by atoms with Crippen LogP contribution in [0.4, 0.5) is 11.4 Å². The quantitative estimate of drug-likeness (QED) is 0.577. The highest BCUT2D eigenvalue weighted by Gasteiger charge is 2.17. The standard InChI is InChI=1S/C9H10N2O2.ClH/c1-6-4-7(11(12)13)5-9-8(6)2-3-10-9;/h4-5,10H,2-3H2,1H3;1H. The minimum atomic E-state index is -0.354. The van der Waals surface area contributed by atoms with Gasteiger partial charge in [-0.25, -0.2) is 0 Å². The van der Waals surface area contributed by atoms with Gasteiger partial charge in [-0.2, -0.15) is 0 Å². The number of fused-ring (bicyclic) bond motifs is 1. The highest BCUT2D eigenvalue weighted by atomic mass is 35.5. The fourth-order valence-corrected chi connectivity index (χ4v) is 1.72. The highest BCUT2D eigenvalue weighted by molar-refractivity contribution is 5.85. The fraction of sp³-hybridized carbons (Fsp3) is 0.333. The Morgan fingerprint density at radius 3 is 2.86 bits per heavy atom. The van der Waals surface area contributed by atoms with Crippen LogP contribution in [0.25, 0.3) is 0 Å². The number of hydrogen-bond acceptors (Lipinski definition) is 3. The lowest BCUT2D eigenvalue weighted by molar-refractivity contribution is -0.384. The maximum atomic E-state index is 10.5. The third-order valence-corrected chi connectivity index (χ3v) is 2.36. The zero-order valence-corrected chi connectivity index (χ0v) is 8.56. The number of rotatable bonds is 1. The molecule has 0 aliphatic carbocycles. The second-order valence-electron chi connectivity index (χ2n) is 3.22. The van der Waals surface area contributed by atoms with Crippen LogP contribution in [0.3, 0.4) is 0 Å². The minimum absolute atomic E-state index is 0. The lowest BCUT2D eigenvalue weighted by Crippen LogP contribution is -1.93. The number of benzene rings is 1. The fourth-order valence-electron chi connectivity index (χ4n) is 1.72. The van der Waals surface area contributed by atoms with Crippen LogP contribution in [0, 0.1) is 17.0 Å². The minimum Gasteiger partial charge on any atom is -0.384 e. The molecule has 1 aromatic carbocycles. The topological polar surface area (TPSA) is 55.2 Å². The molecule has 0 saturated heterocycles. The van der Waals surface area contributed by atoms with Crippen LogP contribution in [0.1, 0.15) is 11.1 Å². The molecular weight excluding hydrogens is 204 g/mol. The van der Waals surface area contributed by atoms with Crippen LogP contribution in [-0.4, -0.2) is 11.5 Å². The molecule has 1 aliphatic rings. The largest absolute Gasteiger partial charge is 0.384 e. The van der Waals surface area contributed by atoms with E-state index in [0.29, 0.717) is 0 Å². The molecule has 4 nitrogen and oxygen atoms in total. The van der Waals surface area contributed by atoms with E-state index in [1.54, 1.807) is 12.1 Å². The van der Waals surface area contributed by atoms with Gasteiger partial charge < -0.3 is 5.32 Å². The monoisotopic (exact) mass is 214 g/mol. The first-order valence-electron chi connectivity index (χ1n) is 4.20. The number of non-ortho nitro benzene ring substituents is 1. The second-order valence-corrected chi connectivity index (χ2v) is 3.22. The van der Waals surface area contributed by atoms with E-state index in [4.69, 9.17) is 0 Å². The average molecular weight is 215 g/mol. The van der Waals surface area contributed by atoms with Crippen molar-refractivity contribution in [3.05, 3.63) is 33.4 Å². The lowest BCUT2D eigenvalue weighted by Gasteiger charge is -2.02. The Kier molecular flexibility index (Phi) is 2.96. The van der Waals surface area contributed by atoms with Gasteiger partial charge in [0.25, 0.3) is 5.69 Å². The van der Waals surface area contributed by atoms with Gasteiger partial charge in [-0.1, -0.05) is 0 Å². The molecule has 0 bridgehead atoms. The van der Waals surface area contributed by atoms with Crippen molar-refractivity contribution >= 4 is 23.8 Å². The van der Waals surface area contributed by atoms with Gasteiger partial charge in [-0.15, -0.1) is 12.4 Å². The summed E-state index contributed by atoms with van der Waals surface area (Å²) in [5.41, 5.74) is 3.32. The number of nitrogens with one attached hydrogen (secondary N) is 1. The third-order valence-electron chi connectivity index (χ3n) is 2.36. The number of nitro benzene ring substituents is 1. The van der Waals surface area contributed by atoms with Crippen molar-refractivity contribution in [2.45, 2.75) is 13.3 Å². The van der Waals surface area contributed by atoms with Gasteiger partial charge in [0.1, 0.15) is 0 Å². The molecule has 0 fully saturated rings. The van der Waals surface area contributed by atoms with Crippen LogP contribution < -0.4 is 5.32 Å². The van der Waals surface area contributed by atoms with Crippen LogP contribution in [0.15, 0.2) is 12.1 Å². The maximum Gasteiger partial charge on any atom is 0.271 e. The second kappa shape index (κ2) is 3.84. The molecule has 1 aliphatic heterocycles. The summed E-state index contributed by atoms with van der Waals surface area (Å²) < 4.78 is 0. The molecule has 1 aromatic rings. The predicted octanol–water partition coefficient (Wildman–Crippen LogP) is 2.29. The van der Waals surface area contributed by atoms with E-state index in [2.05, 4.69) is 5.32 Å². The van der Waals surface area contributed by atoms with Crippen LogP contribution in [0.5, 0.6) is 0 Å². The first-order chi connectivity index (χ1) is 6.18. The van der Waals surface area contributed by atoms with E-state index in [1.165, 1.54) is 5.56 Å². The molecule has 5 heteroatoms.